The van der Waals surface area contributed by atoms with E-state index in [1.54, 1.807) is 0 Å². The molecule has 14 heavy (non-hydrogen) atoms. The maximum Gasteiger partial charge on any atom is -0.000589 e. The van der Waals surface area contributed by atoms with E-state index >= 15 is 0 Å². The van der Waals surface area contributed by atoms with Gasteiger partial charge in [0.15, 0.2) is 0 Å². The Labute approximate surface area is 89.6 Å². The van der Waals surface area contributed by atoms with E-state index in [0.717, 1.165) is 31.5 Å². The van der Waals surface area contributed by atoms with Gasteiger partial charge in [-0.05, 0) is 43.3 Å². The predicted octanol–water partition coefficient (Wildman–Crippen LogP) is 2.10. The third-order valence-electron chi connectivity index (χ3n) is 3.26. The molecule has 0 aromatic rings. The lowest BCUT2D eigenvalue weighted by Gasteiger charge is -2.22. The fourth-order valence-electron chi connectivity index (χ4n) is 1.32. The Hall–Kier alpha value is -0.0800. The van der Waals surface area contributed by atoms with Crippen LogP contribution in [-0.2, 0) is 0 Å². The molecule has 0 amide bonds. The van der Waals surface area contributed by atoms with E-state index in [4.69, 9.17) is 5.73 Å². The minimum atomic E-state index is 0.620. The van der Waals surface area contributed by atoms with Crippen molar-refractivity contribution in [3.8, 4) is 0 Å². The van der Waals surface area contributed by atoms with Gasteiger partial charge < -0.3 is 11.1 Å². The summed E-state index contributed by atoms with van der Waals surface area (Å²) in [4.78, 5) is 0. The lowest BCUT2D eigenvalue weighted by molar-refractivity contribution is 0.336. The highest BCUT2D eigenvalue weighted by molar-refractivity contribution is 4.68. The second-order valence-electron chi connectivity index (χ2n) is 5.12. The zero-order chi connectivity index (χ0) is 11.1. The van der Waals surface area contributed by atoms with Gasteiger partial charge in [-0.3, -0.25) is 0 Å². The van der Waals surface area contributed by atoms with Crippen LogP contribution in [0.1, 0.15) is 34.6 Å². The molecule has 2 nitrogen and oxygen atoms in total. The molecule has 0 aliphatic carbocycles. The number of nitrogens with one attached hydrogen (secondary N) is 1. The van der Waals surface area contributed by atoms with Gasteiger partial charge >= 0.3 is 0 Å². The Morgan fingerprint density at radius 1 is 0.929 bits per heavy atom. The molecule has 0 saturated carbocycles. The highest BCUT2D eigenvalue weighted by Gasteiger charge is 2.12. The summed E-state index contributed by atoms with van der Waals surface area (Å²) in [7, 11) is 0. The number of hydrogen-bond donors (Lipinski definition) is 2. The summed E-state index contributed by atoms with van der Waals surface area (Å²) < 4.78 is 0. The maximum absolute atomic E-state index is 5.71. The van der Waals surface area contributed by atoms with Crippen LogP contribution in [0.3, 0.4) is 0 Å². The summed E-state index contributed by atoms with van der Waals surface area (Å²) in [5, 5.41) is 3.52. The highest BCUT2D eigenvalue weighted by atomic mass is 14.9. The average Bonchev–Trinajstić information content (AvgIpc) is 2.11. The largest absolute Gasteiger partial charge is 0.330 e. The van der Waals surface area contributed by atoms with Crippen molar-refractivity contribution < 1.29 is 0 Å². The topological polar surface area (TPSA) is 38.0 Å². The van der Waals surface area contributed by atoms with Crippen LogP contribution in [0.2, 0.25) is 0 Å². The van der Waals surface area contributed by atoms with E-state index in [-0.39, 0.29) is 0 Å². The number of nitrogens with two attached hydrogens (primary N) is 1. The zero-order valence-electron chi connectivity index (χ0n) is 10.5. The van der Waals surface area contributed by atoms with Crippen molar-refractivity contribution in [1.82, 2.24) is 5.32 Å². The minimum absolute atomic E-state index is 0.620. The Morgan fingerprint density at radius 3 is 1.86 bits per heavy atom. The summed E-state index contributed by atoms with van der Waals surface area (Å²) in [6.45, 7) is 14.3. The molecule has 0 saturated heterocycles. The SMILES string of the molecule is CC(C)C(C)CNCC(CN)C(C)C. The van der Waals surface area contributed by atoms with E-state index < -0.39 is 0 Å². The zero-order valence-corrected chi connectivity index (χ0v) is 10.5. The predicted molar refractivity (Wildman–Crippen MR) is 64.3 cm³/mol. The van der Waals surface area contributed by atoms with E-state index in [9.17, 15) is 0 Å². The quantitative estimate of drug-likeness (QED) is 0.660. The monoisotopic (exact) mass is 200 g/mol. The lowest BCUT2D eigenvalue weighted by Crippen LogP contribution is -2.34. The molecule has 0 fully saturated rings. The van der Waals surface area contributed by atoms with E-state index in [1.165, 1.54) is 0 Å². The average molecular weight is 200 g/mol. The van der Waals surface area contributed by atoms with Gasteiger partial charge in [-0.25, -0.2) is 0 Å². The molecule has 0 rings (SSSR count). The van der Waals surface area contributed by atoms with Crippen LogP contribution in [0.4, 0.5) is 0 Å². The Bertz CT molecular complexity index is 132. The van der Waals surface area contributed by atoms with Crippen molar-refractivity contribution in [2.45, 2.75) is 34.6 Å². The Kier molecular flexibility index (Phi) is 7.20. The first-order valence-electron chi connectivity index (χ1n) is 5.89. The van der Waals surface area contributed by atoms with Crippen molar-refractivity contribution in [3.05, 3.63) is 0 Å². The normalized spacial score (nSPS) is 16.3. The number of hydrogen-bond acceptors (Lipinski definition) is 2. The van der Waals surface area contributed by atoms with Crippen molar-refractivity contribution in [3.63, 3.8) is 0 Å². The molecule has 0 radical (unpaired) electrons. The third kappa shape index (κ3) is 5.61. The summed E-state index contributed by atoms with van der Waals surface area (Å²) in [5.74, 6) is 2.81. The van der Waals surface area contributed by atoms with Crippen LogP contribution in [0.5, 0.6) is 0 Å². The van der Waals surface area contributed by atoms with Crippen LogP contribution >= 0.6 is 0 Å². The van der Waals surface area contributed by atoms with Gasteiger partial charge in [0.05, 0.1) is 0 Å². The van der Waals surface area contributed by atoms with E-state index in [0.29, 0.717) is 11.8 Å². The smallest absolute Gasteiger partial charge is 0.000589 e. The minimum Gasteiger partial charge on any atom is -0.330 e. The molecule has 0 spiro atoms. The molecule has 2 unspecified atom stereocenters. The first-order valence-corrected chi connectivity index (χ1v) is 5.89. The molecule has 3 N–H and O–H groups in total. The van der Waals surface area contributed by atoms with Gasteiger partial charge in [0.25, 0.3) is 0 Å². The van der Waals surface area contributed by atoms with Crippen LogP contribution in [0, 0.1) is 23.7 Å². The van der Waals surface area contributed by atoms with Gasteiger partial charge in [0, 0.05) is 0 Å². The van der Waals surface area contributed by atoms with E-state index in [1.807, 2.05) is 0 Å². The molecule has 0 bridgehead atoms. The molecular weight excluding hydrogens is 172 g/mol. The van der Waals surface area contributed by atoms with Crippen LogP contribution in [0.25, 0.3) is 0 Å². The summed E-state index contributed by atoms with van der Waals surface area (Å²) in [5.41, 5.74) is 5.71. The second kappa shape index (κ2) is 7.24. The molecule has 0 aromatic carbocycles. The molecular formula is C12H28N2. The number of rotatable bonds is 7. The van der Waals surface area contributed by atoms with Crippen molar-refractivity contribution in [2.24, 2.45) is 29.4 Å². The third-order valence-corrected chi connectivity index (χ3v) is 3.26. The molecule has 86 valence electrons. The van der Waals surface area contributed by atoms with Gasteiger partial charge in [0.2, 0.25) is 0 Å². The first-order chi connectivity index (χ1) is 6.49. The second-order valence-corrected chi connectivity index (χ2v) is 5.12. The first kappa shape index (κ1) is 13.9. The van der Waals surface area contributed by atoms with Crippen molar-refractivity contribution in [1.29, 1.82) is 0 Å². The fourth-order valence-corrected chi connectivity index (χ4v) is 1.32. The fraction of sp³-hybridized carbons (Fsp3) is 1.00. The summed E-state index contributed by atoms with van der Waals surface area (Å²) in [6.07, 6.45) is 0. The highest BCUT2D eigenvalue weighted by Crippen LogP contribution is 2.10. The molecule has 0 heterocycles. The molecule has 0 aliphatic rings. The maximum atomic E-state index is 5.71. The summed E-state index contributed by atoms with van der Waals surface area (Å²) >= 11 is 0. The van der Waals surface area contributed by atoms with Crippen LogP contribution in [-0.4, -0.2) is 19.6 Å². The van der Waals surface area contributed by atoms with Crippen molar-refractivity contribution in [2.75, 3.05) is 19.6 Å². The van der Waals surface area contributed by atoms with Gasteiger partial charge in [-0.1, -0.05) is 34.6 Å². The van der Waals surface area contributed by atoms with Crippen LogP contribution in [0.15, 0.2) is 0 Å². The Balaban J connectivity index is 3.61. The lowest BCUT2D eigenvalue weighted by atomic mass is 9.94. The van der Waals surface area contributed by atoms with Crippen LogP contribution < -0.4 is 11.1 Å². The van der Waals surface area contributed by atoms with Gasteiger partial charge in [0.1, 0.15) is 0 Å². The molecule has 0 aliphatic heterocycles. The van der Waals surface area contributed by atoms with Gasteiger partial charge in [-0.15, -0.1) is 0 Å². The molecule has 0 aromatic heterocycles. The summed E-state index contributed by atoms with van der Waals surface area (Å²) in [6, 6.07) is 0. The van der Waals surface area contributed by atoms with Gasteiger partial charge in [-0.2, -0.15) is 0 Å². The standard InChI is InChI=1S/C12H28N2/c1-9(2)11(5)7-14-8-12(6-13)10(3)4/h9-12,14H,6-8,13H2,1-5H3. The Morgan fingerprint density at radius 2 is 1.50 bits per heavy atom. The molecule has 2 heteroatoms. The van der Waals surface area contributed by atoms with E-state index in [2.05, 4.69) is 39.9 Å². The molecule has 2 atom stereocenters. The van der Waals surface area contributed by atoms with Crippen molar-refractivity contribution >= 4 is 0 Å².